The maximum Gasteiger partial charge on any atom is 0.269 e. The van der Waals surface area contributed by atoms with Crippen molar-refractivity contribution in [1.82, 2.24) is 9.55 Å². The number of para-hydroxylation sites is 2. The van der Waals surface area contributed by atoms with Crippen molar-refractivity contribution in [3.05, 3.63) is 58.0 Å². The van der Waals surface area contributed by atoms with Crippen molar-refractivity contribution in [3.8, 4) is 11.5 Å². The number of rotatable bonds is 3. The number of benzene rings is 2. The summed E-state index contributed by atoms with van der Waals surface area (Å²) < 4.78 is 12.3. The van der Waals surface area contributed by atoms with E-state index in [9.17, 15) is 9.59 Å². The molecule has 7 nitrogen and oxygen atoms in total. The van der Waals surface area contributed by atoms with E-state index in [2.05, 4.69) is 10.3 Å². The summed E-state index contributed by atoms with van der Waals surface area (Å²) in [6.07, 6.45) is 1.20. The van der Waals surface area contributed by atoms with Crippen LogP contribution in [0.15, 0.2) is 47.4 Å². The van der Waals surface area contributed by atoms with E-state index in [0.29, 0.717) is 46.5 Å². The number of halogens is 1. The number of amides is 1. The van der Waals surface area contributed by atoms with Gasteiger partial charge in [0.1, 0.15) is 19.8 Å². The molecule has 0 atom stereocenters. The number of aromatic nitrogens is 2. The van der Waals surface area contributed by atoms with Crippen LogP contribution in [-0.4, -0.2) is 28.7 Å². The van der Waals surface area contributed by atoms with E-state index in [4.69, 9.17) is 21.1 Å². The molecule has 0 saturated heterocycles. The summed E-state index contributed by atoms with van der Waals surface area (Å²) in [6.45, 7) is 0.722. The minimum absolute atomic E-state index is 0.160. The second kappa shape index (κ2) is 6.68. The lowest BCUT2D eigenvalue weighted by Gasteiger charge is -2.20. The molecule has 0 spiro atoms. The highest BCUT2D eigenvalue weighted by atomic mass is 35.5. The Bertz CT molecular complexity index is 1060. The molecule has 0 bridgehead atoms. The number of nitrogens with zero attached hydrogens (tertiary/aromatic N) is 2. The van der Waals surface area contributed by atoms with Crippen LogP contribution in [0.25, 0.3) is 11.0 Å². The summed E-state index contributed by atoms with van der Waals surface area (Å²) in [5, 5.41) is 3.04. The van der Waals surface area contributed by atoms with Gasteiger partial charge in [0.15, 0.2) is 11.5 Å². The first-order valence-electron chi connectivity index (χ1n) is 7.95. The Balaban J connectivity index is 1.61. The third kappa shape index (κ3) is 3.09. The molecule has 8 heteroatoms. The van der Waals surface area contributed by atoms with Crippen molar-refractivity contribution < 1.29 is 14.3 Å². The number of carbonyl (C=O) groups excluding carboxylic acids is 1. The molecular weight excluding hydrogens is 358 g/mol. The summed E-state index contributed by atoms with van der Waals surface area (Å²) in [7, 11) is 0. The molecule has 0 aliphatic carbocycles. The lowest BCUT2D eigenvalue weighted by Crippen LogP contribution is -2.28. The van der Waals surface area contributed by atoms with E-state index < -0.39 is 0 Å². The van der Waals surface area contributed by atoms with Crippen LogP contribution >= 0.6 is 11.6 Å². The molecule has 0 fully saturated rings. The van der Waals surface area contributed by atoms with Gasteiger partial charge in [-0.05, 0) is 12.1 Å². The van der Waals surface area contributed by atoms with Gasteiger partial charge in [0.05, 0.1) is 27.9 Å². The Morgan fingerprint density at radius 3 is 2.73 bits per heavy atom. The zero-order chi connectivity index (χ0) is 18.1. The number of fused-ring (bicyclic) bond motifs is 2. The van der Waals surface area contributed by atoms with Gasteiger partial charge in [0, 0.05) is 12.1 Å². The first-order valence-corrected chi connectivity index (χ1v) is 8.33. The number of hydrogen-bond acceptors (Lipinski definition) is 5. The fourth-order valence-corrected chi connectivity index (χ4v) is 2.97. The maximum absolute atomic E-state index is 12.5. The van der Waals surface area contributed by atoms with Crippen molar-refractivity contribution in [2.24, 2.45) is 0 Å². The molecule has 26 heavy (non-hydrogen) atoms. The van der Waals surface area contributed by atoms with Gasteiger partial charge in [0.25, 0.3) is 5.56 Å². The van der Waals surface area contributed by atoms with Crippen molar-refractivity contribution in [2.45, 2.75) is 6.54 Å². The maximum atomic E-state index is 12.5. The molecule has 1 aliphatic rings. The molecule has 1 amide bonds. The van der Waals surface area contributed by atoms with Crippen molar-refractivity contribution in [3.63, 3.8) is 0 Å². The van der Waals surface area contributed by atoms with E-state index >= 15 is 0 Å². The van der Waals surface area contributed by atoms with Crippen LogP contribution in [0.2, 0.25) is 5.02 Å². The quantitative estimate of drug-likeness (QED) is 0.764. The lowest BCUT2D eigenvalue weighted by atomic mass is 10.2. The molecule has 0 saturated carbocycles. The van der Waals surface area contributed by atoms with Crippen molar-refractivity contribution >= 4 is 34.2 Å². The van der Waals surface area contributed by atoms with Crippen LogP contribution in [0, 0.1) is 0 Å². The Hall–Kier alpha value is -3.06. The number of carbonyl (C=O) groups is 1. The normalized spacial score (nSPS) is 12.8. The molecule has 3 aromatic rings. The highest BCUT2D eigenvalue weighted by molar-refractivity contribution is 6.34. The molecule has 2 heterocycles. The smallest absolute Gasteiger partial charge is 0.269 e. The van der Waals surface area contributed by atoms with Gasteiger partial charge in [-0.25, -0.2) is 4.98 Å². The third-order valence-corrected chi connectivity index (χ3v) is 4.27. The second-order valence-corrected chi connectivity index (χ2v) is 6.10. The summed E-state index contributed by atoms with van der Waals surface area (Å²) in [4.78, 5) is 28.7. The van der Waals surface area contributed by atoms with Gasteiger partial charge in [-0.3, -0.25) is 14.2 Å². The number of ether oxygens (including phenoxy) is 2. The van der Waals surface area contributed by atoms with Crippen LogP contribution < -0.4 is 20.3 Å². The zero-order valence-corrected chi connectivity index (χ0v) is 14.3. The minimum atomic E-state index is -0.387. The molecule has 132 valence electrons. The summed E-state index contributed by atoms with van der Waals surface area (Å²) in [6, 6.07) is 10.3. The van der Waals surface area contributed by atoms with Gasteiger partial charge in [-0.15, -0.1) is 0 Å². The third-order valence-electron chi connectivity index (χ3n) is 3.96. The molecule has 1 aromatic heterocycles. The first-order chi connectivity index (χ1) is 12.6. The largest absolute Gasteiger partial charge is 0.486 e. The summed E-state index contributed by atoms with van der Waals surface area (Å²) >= 11 is 6.21. The average Bonchev–Trinajstić information content (AvgIpc) is 2.65. The molecular formula is C18H14ClN3O4. The highest BCUT2D eigenvalue weighted by Crippen LogP contribution is 2.37. The zero-order valence-electron chi connectivity index (χ0n) is 13.6. The second-order valence-electron chi connectivity index (χ2n) is 5.70. The fraction of sp³-hybridized carbons (Fsp3) is 0.167. The van der Waals surface area contributed by atoms with Crippen molar-refractivity contribution in [2.75, 3.05) is 18.5 Å². The van der Waals surface area contributed by atoms with E-state index in [0.717, 1.165) is 0 Å². The Labute approximate surface area is 153 Å². The molecule has 1 aliphatic heterocycles. The summed E-state index contributed by atoms with van der Waals surface area (Å²) in [5.41, 5.74) is 1.26. The fourth-order valence-electron chi connectivity index (χ4n) is 2.77. The van der Waals surface area contributed by atoms with Gasteiger partial charge in [0.2, 0.25) is 5.91 Å². The van der Waals surface area contributed by atoms with Gasteiger partial charge in [-0.1, -0.05) is 23.7 Å². The van der Waals surface area contributed by atoms with Gasteiger partial charge < -0.3 is 14.8 Å². The van der Waals surface area contributed by atoms with Crippen molar-refractivity contribution in [1.29, 1.82) is 0 Å². The predicted molar refractivity (Wildman–Crippen MR) is 97.1 cm³/mol. The average molecular weight is 372 g/mol. The van der Waals surface area contributed by atoms with Gasteiger partial charge >= 0.3 is 0 Å². The number of nitrogens with one attached hydrogen (secondary N) is 1. The molecule has 2 aromatic carbocycles. The van der Waals surface area contributed by atoms with E-state index in [1.165, 1.54) is 10.8 Å². The predicted octanol–water partition coefficient (Wildman–Crippen LogP) is 2.46. The molecule has 0 unspecified atom stereocenters. The van der Waals surface area contributed by atoms with Gasteiger partial charge in [-0.2, -0.15) is 0 Å². The topological polar surface area (TPSA) is 82.5 Å². The Morgan fingerprint density at radius 1 is 1.19 bits per heavy atom. The van der Waals surface area contributed by atoms with E-state index in [1.807, 2.05) is 6.07 Å². The molecule has 4 rings (SSSR count). The van der Waals surface area contributed by atoms with Crippen LogP contribution in [-0.2, 0) is 11.3 Å². The number of anilines is 1. The van der Waals surface area contributed by atoms with E-state index in [-0.39, 0.29) is 18.0 Å². The molecule has 0 radical (unpaired) electrons. The summed E-state index contributed by atoms with van der Waals surface area (Å²) in [5.74, 6) is 0.667. The Kier molecular flexibility index (Phi) is 4.22. The standard InChI is InChI=1S/C18H14ClN3O4/c19-11-7-15-16(26-6-5-25-15)8-13(11)21-17(23)10-22-14-4-2-1-3-12(14)20-9-18(22)24/h1-4,7-9H,5-6,10H2,(H,21,23). The SMILES string of the molecule is O=C(Cn1c(=O)cnc2ccccc21)Nc1cc2c(cc1Cl)OCCO2. The first kappa shape index (κ1) is 16.4. The van der Waals surface area contributed by atoms with Crippen LogP contribution in [0.4, 0.5) is 5.69 Å². The lowest BCUT2D eigenvalue weighted by molar-refractivity contribution is -0.116. The van der Waals surface area contributed by atoms with Crippen LogP contribution in [0.1, 0.15) is 0 Å². The minimum Gasteiger partial charge on any atom is -0.486 e. The molecule has 1 N–H and O–H groups in total. The highest BCUT2D eigenvalue weighted by Gasteiger charge is 2.17. The van der Waals surface area contributed by atoms with E-state index in [1.54, 1.807) is 30.3 Å². The monoisotopic (exact) mass is 371 g/mol. The van der Waals surface area contributed by atoms with Crippen LogP contribution in [0.5, 0.6) is 11.5 Å². The Morgan fingerprint density at radius 2 is 1.92 bits per heavy atom. The number of hydrogen-bond donors (Lipinski definition) is 1. The van der Waals surface area contributed by atoms with Crippen LogP contribution in [0.3, 0.4) is 0 Å².